The van der Waals surface area contributed by atoms with E-state index in [-0.39, 0.29) is 11.7 Å². The van der Waals surface area contributed by atoms with Crippen molar-refractivity contribution >= 4 is 17.4 Å². The maximum atomic E-state index is 12.1. The van der Waals surface area contributed by atoms with Crippen LogP contribution in [0.15, 0.2) is 6.07 Å². The second kappa shape index (κ2) is 3.74. The molecule has 1 aromatic rings. The second-order valence-corrected chi connectivity index (χ2v) is 2.64. The highest BCUT2D eigenvalue weighted by Crippen LogP contribution is 2.29. The molecule has 1 rings (SSSR count). The van der Waals surface area contributed by atoms with E-state index in [0.717, 1.165) is 6.07 Å². The maximum absolute atomic E-state index is 12.1. The molecule has 3 N–H and O–H groups in total. The summed E-state index contributed by atoms with van der Waals surface area (Å²) < 4.78 is 24.3. The number of nitrogens with two attached hydrogens (primary N) is 1. The quantitative estimate of drug-likeness (QED) is 0.732. The van der Waals surface area contributed by atoms with Crippen molar-refractivity contribution in [3.8, 4) is 5.75 Å². The molecular weight excluding hydrogens is 202 g/mol. The molecule has 0 fully saturated rings. The number of anilines is 1. The number of nitrogen functional groups attached to an aromatic ring is 1. The minimum absolute atomic E-state index is 0.0237. The number of halogens is 3. The molecule has 0 saturated carbocycles. The number of aromatic hydroxyl groups is 1. The Bertz CT molecular complexity index is 320. The van der Waals surface area contributed by atoms with Crippen molar-refractivity contribution in [3.05, 3.63) is 17.3 Å². The Morgan fingerprint density at radius 1 is 1.62 bits per heavy atom. The molecule has 0 atom stereocenters. The molecule has 72 valence electrons. The Hall–Kier alpha value is -1.10. The number of aromatic nitrogens is 1. The van der Waals surface area contributed by atoms with Gasteiger partial charge in [-0.25, -0.2) is 13.8 Å². The Balaban J connectivity index is 3.20. The molecule has 0 saturated heterocycles. The highest BCUT2D eigenvalue weighted by Gasteiger charge is 2.16. The lowest BCUT2D eigenvalue weighted by molar-refractivity contribution is 0.142. The predicted molar refractivity (Wildman–Crippen MR) is 44.8 cm³/mol. The van der Waals surface area contributed by atoms with Gasteiger partial charge >= 0.3 is 0 Å². The molecular formula is C7H7ClF2N2O. The monoisotopic (exact) mass is 208 g/mol. The Morgan fingerprint density at radius 2 is 2.23 bits per heavy atom. The average Bonchev–Trinajstić information content (AvgIpc) is 2.07. The van der Waals surface area contributed by atoms with Gasteiger partial charge in [-0.1, -0.05) is 0 Å². The summed E-state index contributed by atoms with van der Waals surface area (Å²) in [5.41, 5.74) is 4.92. The second-order valence-electron chi connectivity index (χ2n) is 2.37. The molecule has 0 aliphatic heterocycles. The summed E-state index contributed by atoms with van der Waals surface area (Å²) in [6.45, 7) is 0. The van der Waals surface area contributed by atoms with Gasteiger partial charge in [0.2, 0.25) is 0 Å². The topological polar surface area (TPSA) is 59.1 Å². The van der Waals surface area contributed by atoms with Crippen molar-refractivity contribution in [2.45, 2.75) is 12.3 Å². The van der Waals surface area contributed by atoms with E-state index in [1.807, 2.05) is 0 Å². The van der Waals surface area contributed by atoms with E-state index in [9.17, 15) is 8.78 Å². The van der Waals surface area contributed by atoms with Crippen molar-refractivity contribution in [2.75, 3.05) is 5.73 Å². The molecule has 0 radical (unpaired) electrons. The smallest absolute Gasteiger partial charge is 0.284 e. The fraction of sp³-hybridized carbons (Fsp3) is 0.286. The molecule has 0 bridgehead atoms. The largest absolute Gasteiger partial charge is 0.506 e. The normalized spacial score (nSPS) is 10.8. The van der Waals surface area contributed by atoms with E-state index in [1.165, 1.54) is 0 Å². The third kappa shape index (κ3) is 1.98. The van der Waals surface area contributed by atoms with Crippen LogP contribution in [0.4, 0.5) is 14.6 Å². The zero-order valence-electron chi connectivity index (χ0n) is 6.47. The third-order valence-electron chi connectivity index (χ3n) is 1.49. The molecule has 0 spiro atoms. The van der Waals surface area contributed by atoms with Crippen LogP contribution >= 0.6 is 11.6 Å². The standard InChI is InChI=1S/C7H7ClF2N2O/c8-2-3-1-4(13)5(6(9)10)12-7(3)11/h1,6,13H,2H2,(H2,11,12). The van der Waals surface area contributed by atoms with E-state index in [2.05, 4.69) is 4.98 Å². The average molecular weight is 209 g/mol. The van der Waals surface area contributed by atoms with Gasteiger partial charge in [0.15, 0.2) is 5.69 Å². The van der Waals surface area contributed by atoms with Gasteiger partial charge in [0, 0.05) is 5.56 Å². The molecule has 0 unspecified atom stereocenters. The molecule has 13 heavy (non-hydrogen) atoms. The minimum atomic E-state index is -2.84. The van der Waals surface area contributed by atoms with Crippen LogP contribution in [0.1, 0.15) is 17.7 Å². The van der Waals surface area contributed by atoms with Crippen molar-refractivity contribution in [3.63, 3.8) is 0 Å². The Kier molecular flexibility index (Phi) is 2.87. The maximum Gasteiger partial charge on any atom is 0.284 e. The van der Waals surface area contributed by atoms with Gasteiger partial charge in [0.05, 0.1) is 5.88 Å². The van der Waals surface area contributed by atoms with E-state index in [4.69, 9.17) is 22.4 Å². The molecule has 6 heteroatoms. The molecule has 3 nitrogen and oxygen atoms in total. The van der Waals surface area contributed by atoms with E-state index in [0.29, 0.717) is 5.56 Å². The Labute approximate surface area is 78.1 Å². The molecule has 0 aromatic carbocycles. The van der Waals surface area contributed by atoms with Crippen LogP contribution < -0.4 is 5.73 Å². The molecule has 1 aromatic heterocycles. The number of alkyl halides is 3. The van der Waals surface area contributed by atoms with Crippen LogP contribution in [0.2, 0.25) is 0 Å². The summed E-state index contributed by atoms with van der Waals surface area (Å²) in [6.07, 6.45) is -2.84. The number of pyridine rings is 1. The Morgan fingerprint density at radius 3 is 2.69 bits per heavy atom. The van der Waals surface area contributed by atoms with Gasteiger partial charge in [-0.15, -0.1) is 11.6 Å². The van der Waals surface area contributed by atoms with Crippen molar-refractivity contribution < 1.29 is 13.9 Å². The van der Waals surface area contributed by atoms with Crippen LogP contribution in [0.3, 0.4) is 0 Å². The van der Waals surface area contributed by atoms with Gasteiger partial charge in [-0.2, -0.15) is 0 Å². The highest BCUT2D eigenvalue weighted by molar-refractivity contribution is 6.17. The SMILES string of the molecule is Nc1nc(C(F)F)c(O)cc1CCl. The summed E-state index contributed by atoms with van der Waals surface area (Å²) in [7, 11) is 0. The molecule has 1 heterocycles. The van der Waals surface area contributed by atoms with Crippen LogP contribution in [-0.2, 0) is 5.88 Å². The fourth-order valence-electron chi connectivity index (χ4n) is 0.839. The van der Waals surface area contributed by atoms with E-state index < -0.39 is 17.9 Å². The number of hydrogen-bond donors (Lipinski definition) is 2. The van der Waals surface area contributed by atoms with Crippen LogP contribution in [0, 0.1) is 0 Å². The lowest BCUT2D eigenvalue weighted by Gasteiger charge is -2.06. The van der Waals surface area contributed by atoms with Gasteiger partial charge in [-0.05, 0) is 6.07 Å². The van der Waals surface area contributed by atoms with Gasteiger partial charge in [0.1, 0.15) is 11.6 Å². The van der Waals surface area contributed by atoms with Gasteiger partial charge in [0.25, 0.3) is 6.43 Å². The third-order valence-corrected chi connectivity index (χ3v) is 1.78. The van der Waals surface area contributed by atoms with Crippen molar-refractivity contribution in [1.82, 2.24) is 4.98 Å². The van der Waals surface area contributed by atoms with Gasteiger partial charge in [-0.3, -0.25) is 0 Å². The van der Waals surface area contributed by atoms with Crippen molar-refractivity contribution in [2.24, 2.45) is 0 Å². The summed E-state index contributed by atoms with van der Waals surface area (Å²) in [5, 5.41) is 9.06. The van der Waals surface area contributed by atoms with Crippen LogP contribution in [0.25, 0.3) is 0 Å². The number of hydrogen-bond acceptors (Lipinski definition) is 3. The zero-order chi connectivity index (χ0) is 10.0. The summed E-state index contributed by atoms with van der Waals surface area (Å²) >= 11 is 5.42. The van der Waals surface area contributed by atoms with Crippen molar-refractivity contribution in [1.29, 1.82) is 0 Å². The molecule has 0 aliphatic carbocycles. The lowest BCUT2D eigenvalue weighted by atomic mass is 10.2. The number of nitrogens with zero attached hydrogens (tertiary/aromatic N) is 1. The molecule has 0 aliphatic rings. The predicted octanol–water partition coefficient (Wildman–Crippen LogP) is 2.05. The first kappa shape index (κ1) is 9.98. The van der Waals surface area contributed by atoms with E-state index >= 15 is 0 Å². The molecule has 0 amide bonds. The van der Waals surface area contributed by atoms with E-state index in [1.54, 1.807) is 0 Å². The summed E-state index contributed by atoms with van der Waals surface area (Å²) in [4.78, 5) is 3.34. The zero-order valence-corrected chi connectivity index (χ0v) is 7.22. The van der Waals surface area contributed by atoms with Crippen LogP contribution in [0.5, 0.6) is 5.75 Å². The lowest BCUT2D eigenvalue weighted by Crippen LogP contribution is -2.00. The highest BCUT2D eigenvalue weighted by atomic mass is 35.5. The summed E-state index contributed by atoms with van der Waals surface area (Å²) in [5.74, 6) is -0.640. The minimum Gasteiger partial charge on any atom is -0.506 e. The first-order chi connectivity index (χ1) is 6.06. The fourth-order valence-corrected chi connectivity index (χ4v) is 1.05. The van der Waals surface area contributed by atoms with Crippen LogP contribution in [-0.4, -0.2) is 10.1 Å². The number of rotatable bonds is 2. The first-order valence-electron chi connectivity index (χ1n) is 3.38. The van der Waals surface area contributed by atoms with Gasteiger partial charge < -0.3 is 10.8 Å². The first-order valence-corrected chi connectivity index (χ1v) is 3.92. The summed E-state index contributed by atoms with van der Waals surface area (Å²) in [6, 6.07) is 1.09.